The van der Waals surface area contributed by atoms with Crippen molar-refractivity contribution >= 4 is 11.1 Å². The summed E-state index contributed by atoms with van der Waals surface area (Å²) in [6, 6.07) is 0. The van der Waals surface area contributed by atoms with E-state index in [1.807, 2.05) is 0 Å². The topological polar surface area (TPSA) is 46.5 Å². The molecule has 0 aromatic carbocycles. The molecule has 4 heteroatoms. The molecule has 5 heavy (non-hydrogen) atoms. The minimum atomic E-state index is -1.52. The second-order valence-corrected chi connectivity index (χ2v) is 1.43. The van der Waals surface area contributed by atoms with Gasteiger partial charge in [-0.05, 0) is 0 Å². The predicted octanol–water partition coefficient (Wildman–Crippen LogP) is -0.230. The van der Waals surface area contributed by atoms with Gasteiger partial charge in [0, 0.05) is 6.26 Å². The molecule has 0 aromatic rings. The standard InChI is InChI=1S/CH4O3S/c1-5(3)4-2/h2H,1H3. The maximum absolute atomic E-state index is 9.45. The Morgan fingerprint density at radius 3 is 2.20 bits per heavy atom. The van der Waals surface area contributed by atoms with Crippen molar-refractivity contribution < 1.29 is 13.8 Å². The maximum atomic E-state index is 9.45. The van der Waals surface area contributed by atoms with Gasteiger partial charge in [0.15, 0.2) is 11.1 Å². The molecule has 1 atom stereocenters. The van der Waals surface area contributed by atoms with Crippen molar-refractivity contribution in [3.05, 3.63) is 0 Å². The van der Waals surface area contributed by atoms with Crippen LogP contribution in [-0.2, 0) is 15.4 Å². The normalized spacial score (nSPS) is 14.8. The van der Waals surface area contributed by atoms with Crippen LogP contribution in [0.2, 0.25) is 0 Å². The summed E-state index contributed by atoms with van der Waals surface area (Å²) in [6.07, 6.45) is 1.22. The smallest absolute Gasteiger partial charge is 0.184 e. The van der Waals surface area contributed by atoms with Crippen LogP contribution < -0.4 is 0 Å². The van der Waals surface area contributed by atoms with E-state index in [0.29, 0.717) is 0 Å². The fourth-order valence-corrected chi connectivity index (χ4v) is 0. The average Bonchev–Trinajstić information content (AvgIpc) is 1.38. The van der Waals surface area contributed by atoms with E-state index in [-0.39, 0.29) is 0 Å². The minimum Gasteiger partial charge on any atom is -0.237 e. The molecule has 0 amide bonds. The molecule has 3 nitrogen and oxygen atoms in total. The molecule has 0 spiro atoms. The molecule has 0 saturated carbocycles. The molecule has 0 saturated heterocycles. The molecule has 0 fully saturated rings. The maximum Gasteiger partial charge on any atom is 0.184 e. The Hall–Kier alpha value is 0.0700. The number of hydrogen-bond acceptors (Lipinski definition) is 3. The van der Waals surface area contributed by atoms with Gasteiger partial charge in [-0.1, -0.05) is 0 Å². The van der Waals surface area contributed by atoms with Gasteiger partial charge >= 0.3 is 0 Å². The van der Waals surface area contributed by atoms with Gasteiger partial charge in [0.25, 0.3) is 0 Å². The van der Waals surface area contributed by atoms with Crippen LogP contribution in [0.3, 0.4) is 0 Å². The van der Waals surface area contributed by atoms with Crippen LogP contribution in [0.5, 0.6) is 0 Å². The third-order valence-electron chi connectivity index (χ3n) is 0.105. The summed E-state index contributed by atoms with van der Waals surface area (Å²) >= 11 is -1.52. The van der Waals surface area contributed by atoms with E-state index in [9.17, 15) is 4.21 Å². The Kier molecular flexibility index (Phi) is 2.35. The van der Waals surface area contributed by atoms with E-state index in [2.05, 4.69) is 4.33 Å². The molecule has 1 unspecified atom stereocenters. The van der Waals surface area contributed by atoms with Crippen molar-refractivity contribution in [1.29, 1.82) is 0 Å². The molecule has 0 aromatic heterocycles. The van der Waals surface area contributed by atoms with Crippen molar-refractivity contribution in [2.45, 2.75) is 0 Å². The fourth-order valence-electron chi connectivity index (χ4n) is 0. The van der Waals surface area contributed by atoms with Gasteiger partial charge in [-0.3, -0.25) is 0 Å². The van der Waals surface area contributed by atoms with E-state index in [0.717, 1.165) is 0 Å². The van der Waals surface area contributed by atoms with Crippen LogP contribution in [0.25, 0.3) is 0 Å². The van der Waals surface area contributed by atoms with Gasteiger partial charge < -0.3 is 0 Å². The Bertz CT molecular complexity index is 42.2. The number of rotatable bonds is 1. The molecule has 0 rings (SSSR count). The molecule has 0 aliphatic carbocycles. The molecule has 32 valence electrons. The Morgan fingerprint density at radius 2 is 2.20 bits per heavy atom. The number of hydrogen-bond donors (Lipinski definition) is 1. The summed E-state index contributed by atoms with van der Waals surface area (Å²) in [4.78, 5) is 0. The summed E-state index contributed by atoms with van der Waals surface area (Å²) in [6.45, 7) is 0. The van der Waals surface area contributed by atoms with Crippen LogP contribution in [0.1, 0.15) is 0 Å². The van der Waals surface area contributed by atoms with Gasteiger partial charge in [-0.15, -0.1) is 4.33 Å². The van der Waals surface area contributed by atoms with Crippen LogP contribution in [0.15, 0.2) is 0 Å². The van der Waals surface area contributed by atoms with E-state index >= 15 is 0 Å². The highest BCUT2D eigenvalue weighted by Gasteiger charge is 1.75. The van der Waals surface area contributed by atoms with E-state index < -0.39 is 11.1 Å². The third kappa shape index (κ3) is 4.07. The fraction of sp³-hybridized carbons (Fsp3) is 1.00. The zero-order valence-corrected chi connectivity index (χ0v) is 3.49. The van der Waals surface area contributed by atoms with E-state index in [1.54, 1.807) is 0 Å². The lowest BCUT2D eigenvalue weighted by Gasteiger charge is -1.75. The molecule has 0 heterocycles. The molecule has 0 radical (unpaired) electrons. The van der Waals surface area contributed by atoms with Gasteiger partial charge in [0.05, 0.1) is 0 Å². The third-order valence-corrected chi connectivity index (χ3v) is 0.315. The van der Waals surface area contributed by atoms with Gasteiger partial charge in [0.1, 0.15) is 0 Å². The lowest BCUT2D eigenvalue weighted by molar-refractivity contribution is -0.123. The molecular formula is CH4O3S. The van der Waals surface area contributed by atoms with Crippen molar-refractivity contribution in [3.8, 4) is 0 Å². The Morgan fingerprint density at radius 1 is 2.00 bits per heavy atom. The van der Waals surface area contributed by atoms with Crippen LogP contribution in [0, 0.1) is 0 Å². The Labute approximate surface area is 32.2 Å². The summed E-state index contributed by atoms with van der Waals surface area (Å²) in [7, 11) is 0. The summed E-state index contributed by atoms with van der Waals surface area (Å²) in [5.74, 6) is 0. The van der Waals surface area contributed by atoms with Crippen molar-refractivity contribution in [2.24, 2.45) is 0 Å². The van der Waals surface area contributed by atoms with Crippen LogP contribution >= 0.6 is 0 Å². The predicted molar refractivity (Wildman–Crippen MR) is 17.8 cm³/mol. The van der Waals surface area contributed by atoms with Gasteiger partial charge in [-0.2, -0.15) is 0 Å². The van der Waals surface area contributed by atoms with Crippen LogP contribution in [-0.4, -0.2) is 15.7 Å². The first-order valence-electron chi connectivity index (χ1n) is 0.924. The first-order valence-corrected chi connectivity index (χ1v) is 2.41. The van der Waals surface area contributed by atoms with Crippen LogP contribution in [0.4, 0.5) is 0 Å². The second-order valence-electron chi connectivity index (χ2n) is 0.476. The molecule has 1 N–H and O–H groups in total. The summed E-state index contributed by atoms with van der Waals surface area (Å²) < 4.78 is 12.7. The van der Waals surface area contributed by atoms with Gasteiger partial charge in [0.2, 0.25) is 0 Å². The van der Waals surface area contributed by atoms with Crippen molar-refractivity contribution in [2.75, 3.05) is 6.26 Å². The van der Waals surface area contributed by atoms with Crippen molar-refractivity contribution in [3.63, 3.8) is 0 Å². The lowest BCUT2D eigenvalue weighted by atomic mass is 12.0. The second kappa shape index (κ2) is 2.32. The molecule has 0 bridgehead atoms. The Balaban J connectivity index is 2.85. The molecule has 0 aliphatic heterocycles. The van der Waals surface area contributed by atoms with E-state index in [4.69, 9.17) is 5.26 Å². The SMILES string of the molecule is CS(=O)OO. The summed E-state index contributed by atoms with van der Waals surface area (Å²) in [5.41, 5.74) is 0. The highest BCUT2D eigenvalue weighted by atomic mass is 32.2. The zero-order chi connectivity index (χ0) is 4.28. The monoisotopic (exact) mass is 96.0 g/mol. The largest absolute Gasteiger partial charge is 0.237 e. The lowest BCUT2D eigenvalue weighted by Crippen LogP contribution is -1.84. The minimum absolute atomic E-state index is 1.22. The van der Waals surface area contributed by atoms with Crippen molar-refractivity contribution in [1.82, 2.24) is 0 Å². The average molecular weight is 96.1 g/mol. The summed E-state index contributed by atoms with van der Waals surface area (Å²) in [5, 5.41) is 7.34. The molecular weight excluding hydrogens is 92.1 g/mol. The first-order chi connectivity index (χ1) is 2.27. The molecule has 0 aliphatic rings. The quantitative estimate of drug-likeness (QED) is 0.362. The zero-order valence-electron chi connectivity index (χ0n) is 2.67. The van der Waals surface area contributed by atoms with Gasteiger partial charge in [-0.25, -0.2) is 9.47 Å². The van der Waals surface area contributed by atoms with E-state index in [1.165, 1.54) is 6.26 Å². The highest BCUT2D eigenvalue weighted by molar-refractivity contribution is 7.79. The highest BCUT2D eigenvalue weighted by Crippen LogP contribution is 1.64. The first kappa shape index (κ1) is 5.07.